The second kappa shape index (κ2) is 6.87. The molecule has 1 saturated carbocycles. The van der Waals surface area contributed by atoms with Crippen LogP contribution in [-0.4, -0.2) is 23.0 Å². The number of aromatic nitrogens is 1. The Kier molecular flexibility index (Phi) is 4.80. The van der Waals surface area contributed by atoms with E-state index in [9.17, 15) is 18.4 Å². The highest BCUT2D eigenvalue weighted by atomic mass is 32.1. The highest BCUT2D eigenvalue weighted by Gasteiger charge is 2.41. The molecule has 1 aromatic heterocycles. The summed E-state index contributed by atoms with van der Waals surface area (Å²) in [6, 6.07) is 3.46. The number of halogens is 2. The summed E-state index contributed by atoms with van der Waals surface area (Å²) in [7, 11) is 0. The van der Waals surface area contributed by atoms with E-state index >= 15 is 0 Å². The molecule has 3 rings (SSSR count). The minimum absolute atomic E-state index is 0.116. The monoisotopic (exact) mass is 366 g/mol. The minimum Gasteiger partial charge on any atom is -0.452 e. The molecule has 0 saturated heterocycles. The Bertz CT molecular complexity index is 824. The molecule has 0 unspecified atom stereocenters. The summed E-state index contributed by atoms with van der Waals surface area (Å²) in [5.74, 6) is -2.57. The molecule has 1 amide bonds. The number of carbonyl (C=O) groups excluding carboxylic acids is 2. The number of anilines is 1. The van der Waals surface area contributed by atoms with Gasteiger partial charge in [0.1, 0.15) is 0 Å². The topological polar surface area (TPSA) is 68.3 Å². The summed E-state index contributed by atoms with van der Waals surface area (Å²) < 4.78 is 31.4. The van der Waals surface area contributed by atoms with Gasteiger partial charge in [-0.05, 0) is 37.5 Å². The Labute approximate surface area is 147 Å². The fourth-order valence-corrected chi connectivity index (χ4v) is 3.01. The van der Waals surface area contributed by atoms with Gasteiger partial charge in [-0.25, -0.2) is 13.8 Å². The molecule has 1 fully saturated rings. The van der Waals surface area contributed by atoms with Gasteiger partial charge < -0.3 is 4.74 Å². The van der Waals surface area contributed by atoms with Crippen LogP contribution in [0, 0.1) is 23.5 Å². The zero-order valence-corrected chi connectivity index (χ0v) is 14.4. The minimum atomic E-state index is -0.967. The Morgan fingerprint density at radius 3 is 2.72 bits per heavy atom. The first-order valence-corrected chi connectivity index (χ1v) is 8.65. The lowest BCUT2D eigenvalue weighted by molar-refractivity contribution is -0.154. The number of rotatable bonds is 5. The van der Waals surface area contributed by atoms with Gasteiger partial charge in [-0.1, -0.05) is 6.92 Å². The highest BCUT2D eigenvalue weighted by molar-refractivity contribution is 7.14. The fraction of sp³-hybridized carbons (Fsp3) is 0.353. The molecule has 25 heavy (non-hydrogen) atoms. The second-order valence-electron chi connectivity index (χ2n) is 6.05. The van der Waals surface area contributed by atoms with E-state index in [4.69, 9.17) is 4.74 Å². The molecule has 0 bridgehead atoms. The molecular weight excluding hydrogens is 350 g/mol. The molecule has 3 atom stereocenters. The fourth-order valence-electron chi connectivity index (χ4n) is 2.29. The number of hydrogen-bond donors (Lipinski definition) is 1. The lowest BCUT2D eigenvalue weighted by Gasteiger charge is -2.12. The number of nitrogens with one attached hydrogen (secondary N) is 1. The first-order valence-electron chi connectivity index (χ1n) is 7.77. The quantitative estimate of drug-likeness (QED) is 0.821. The summed E-state index contributed by atoms with van der Waals surface area (Å²) in [6.45, 7) is 3.44. The van der Waals surface area contributed by atoms with Gasteiger partial charge >= 0.3 is 5.97 Å². The van der Waals surface area contributed by atoms with Crippen molar-refractivity contribution in [2.45, 2.75) is 26.4 Å². The molecule has 1 aromatic carbocycles. The van der Waals surface area contributed by atoms with Crippen LogP contribution in [0.1, 0.15) is 20.3 Å². The second-order valence-corrected chi connectivity index (χ2v) is 6.91. The van der Waals surface area contributed by atoms with Crippen molar-refractivity contribution in [2.75, 3.05) is 5.32 Å². The SMILES string of the molecule is C[C@H](OC(=O)[C@H]1C[C@H]1C)C(=O)Nc1nc(-c2ccc(F)c(F)c2)cs1. The molecule has 5 nitrogen and oxygen atoms in total. The molecule has 0 radical (unpaired) electrons. The van der Waals surface area contributed by atoms with Crippen LogP contribution in [0.5, 0.6) is 0 Å². The molecular formula is C17H16F2N2O3S. The smallest absolute Gasteiger partial charge is 0.309 e. The standard InChI is InChI=1S/C17H16F2N2O3S/c1-8-5-11(8)16(23)24-9(2)15(22)21-17-20-14(7-25-17)10-3-4-12(18)13(19)6-10/h3-4,6-9,11H,5H2,1-2H3,(H,20,21,22)/t8-,9+,11+/m1/s1. The maximum Gasteiger partial charge on any atom is 0.309 e. The Morgan fingerprint density at radius 2 is 2.08 bits per heavy atom. The van der Waals surface area contributed by atoms with E-state index in [1.165, 1.54) is 13.0 Å². The van der Waals surface area contributed by atoms with Gasteiger partial charge in [-0.2, -0.15) is 0 Å². The number of carbonyl (C=O) groups is 2. The summed E-state index contributed by atoms with van der Waals surface area (Å²) in [6.07, 6.45) is -0.145. The van der Waals surface area contributed by atoms with E-state index in [1.807, 2.05) is 6.92 Å². The van der Waals surface area contributed by atoms with Crippen LogP contribution in [0.2, 0.25) is 0 Å². The van der Waals surface area contributed by atoms with Gasteiger partial charge in [0.05, 0.1) is 11.6 Å². The van der Waals surface area contributed by atoms with E-state index in [2.05, 4.69) is 10.3 Å². The molecule has 0 aliphatic heterocycles. The lowest BCUT2D eigenvalue weighted by atomic mass is 10.2. The van der Waals surface area contributed by atoms with E-state index in [0.29, 0.717) is 17.2 Å². The Morgan fingerprint density at radius 1 is 1.36 bits per heavy atom. The van der Waals surface area contributed by atoms with Crippen LogP contribution < -0.4 is 5.32 Å². The predicted octanol–water partition coefficient (Wildman–Crippen LogP) is 3.61. The first kappa shape index (κ1) is 17.5. The van der Waals surface area contributed by atoms with E-state index in [-0.39, 0.29) is 17.0 Å². The average Bonchev–Trinajstić information content (AvgIpc) is 3.12. The third kappa shape index (κ3) is 4.01. The number of hydrogen-bond acceptors (Lipinski definition) is 5. The molecule has 1 aliphatic rings. The van der Waals surface area contributed by atoms with Gasteiger partial charge in [0.25, 0.3) is 5.91 Å². The Balaban J connectivity index is 1.61. The van der Waals surface area contributed by atoms with Gasteiger partial charge in [0.2, 0.25) is 0 Å². The predicted molar refractivity (Wildman–Crippen MR) is 88.9 cm³/mol. The number of thiazole rings is 1. The van der Waals surface area contributed by atoms with Crippen molar-refractivity contribution < 1.29 is 23.1 Å². The van der Waals surface area contributed by atoms with Gasteiger partial charge in [-0.3, -0.25) is 14.9 Å². The summed E-state index contributed by atoms with van der Waals surface area (Å²) in [4.78, 5) is 28.0. The number of benzene rings is 1. The molecule has 8 heteroatoms. The molecule has 132 valence electrons. The van der Waals surface area contributed by atoms with E-state index < -0.39 is 23.6 Å². The highest BCUT2D eigenvalue weighted by Crippen LogP contribution is 2.38. The summed E-state index contributed by atoms with van der Waals surface area (Å²) >= 11 is 1.14. The molecule has 1 N–H and O–H groups in total. The lowest BCUT2D eigenvalue weighted by Crippen LogP contribution is -2.30. The zero-order valence-electron chi connectivity index (χ0n) is 13.6. The molecule has 1 heterocycles. The van der Waals surface area contributed by atoms with Crippen molar-refractivity contribution in [3.8, 4) is 11.3 Å². The third-order valence-electron chi connectivity index (χ3n) is 4.02. The average molecular weight is 366 g/mol. The molecule has 0 spiro atoms. The normalized spacial score (nSPS) is 20.0. The van der Waals surface area contributed by atoms with Crippen molar-refractivity contribution in [1.29, 1.82) is 0 Å². The van der Waals surface area contributed by atoms with Crippen molar-refractivity contribution in [2.24, 2.45) is 11.8 Å². The van der Waals surface area contributed by atoms with Gasteiger partial charge in [0, 0.05) is 10.9 Å². The van der Waals surface area contributed by atoms with Crippen LogP contribution in [0.4, 0.5) is 13.9 Å². The zero-order chi connectivity index (χ0) is 18.1. The Hall–Kier alpha value is -2.35. The van der Waals surface area contributed by atoms with Gasteiger partial charge in [-0.15, -0.1) is 11.3 Å². The van der Waals surface area contributed by atoms with Gasteiger partial charge in [0.15, 0.2) is 22.9 Å². The maximum absolute atomic E-state index is 13.3. The van der Waals surface area contributed by atoms with Crippen LogP contribution in [0.3, 0.4) is 0 Å². The number of esters is 1. The maximum atomic E-state index is 13.3. The largest absolute Gasteiger partial charge is 0.452 e. The van der Waals surface area contributed by atoms with Crippen LogP contribution in [-0.2, 0) is 14.3 Å². The van der Waals surface area contributed by atoms with Crippen molar-refractivity contribution in [3.63, 3.8) is 0 Å². The van der Waals surface area contributed by atoms with E-state index in [0.717, 1.165) is 29.9 Å². The van der Waals surface area contributed by atoms with Crippen LogP contribution >= 0.6 is 11.3 Å². The summed E-state index contributed by atoms with van der Waals surface area (Å²) in [5, 5.41) is 4.46. The van der Waals surface area contributed by atoms with Crippen LogP contribution in [0.25, 0.3) is 11.3 Å². The van der Waals surface area contributed by atoms with E-state index in [1.54, 1.807) is 5.38 Å². The molecule has 2 aromatic rings. The summed E-state index contributed by atoms with van der Waals surface area (Å²) in [5.41, 5.74) is 0.813. The van der Waals surface area contributed by atoms with Crippen molar-refractivity contribution in [1.82, 2.24) is 4.98 Å². The third-order valence-corrected chi connectivity index (χ3v) is 4.78. The van der Waals surface area contributed by atoms with Crippen LogP contribution in [0.15, 0.2) is 23.6 Å². The molecule has 1 aliphatic carbocycles. The van der Waals surface area contributed by atoms with Crippen molar-refractivity contribution >= 4 is 28.3 Å². The first-order chi connectivity index (χ1) is 11.8. The number of nitrogens with zero attached hydrogens (tertiary/aromatic N) is 1. The number of amides is 1. The van der Waals surface area contributed by atoms with Crippen molar-refractivity contribution in [3.05, 3.63) is 35.2 Å². The number of ether oxygens (including phenoxy) is 1.